The molecule has 0 saturated carbocycles. The van der Waals surface area contributed by atoms with Crippen LogP contribution in [0.4, 0.5) is 0 Å². The molecule has 3 rings (SSSR count). The third-order valence-electron chi connectivity index (χ3n) is 5.94. The number of hydrogen-bond donors (Lipinski definition) is 2. The van der Waals surface area contributed by atoms with Gasteiger partial charge in [-0.05, 0) is 37.0 Å². The highest BCUT2D eigenvalue weighted by atomic mass is 79.9. The maximum absolute atomic E-state index is 10.2. The number of phenolic OH excluding ortho intramolecular Hbond substituents is 1. The molecule has 0 fully saturated rings. The van der Waals surface area contributed by atoms with Crippen LogP contribution < -0.4 is 4.74 Å². The van der Waals surface area contributed by atoms with Crippen molar-refractivity contribution < 1.29 is 24.4 Å². The lowest BCUT2D eigenvalue weighted by Crippen LogP contribution is -2.47. The number of aromatic hydroxyl groups is 1. The molecular weight excluding hydrogens is 414 g/mol. The van der Waals surface area contributed by atoms with Crippen molar-refractivity contribution in [3.63, 3.8) is 0 Å². The van der Waals surface area contributed by atoms with Crippen LogP contribution in [0.2, 0.25) is 0 Å². The van der Waals surface area contributed by atoms with E-state index in [9.17, 15) is 10.2 Å². The summed E-state index contributed by atoms with van der Waals surface area (Å²) >= 11 is 3.59. The number of ether oxygens (including phenoxy) is 3. The van der Waals surface area contributed by atoms with Crippen molar-refractivity contribution in [1.29, 1.82) is 0 Å². The average Bonchev–Trinajstić information content (AvgIpc) is 2.70. The SMILES string of the molecule is COc1cc(Br)c(CC2C3=C(CCN2CO)CC(OC)(OC)CC3)cc1O. The van der Waals surface area contributed by atoms with Crippen molar-refractivity contribution in [3.8, 4) is 11.5 Å². The van der Waals surface area contributed by atoms with Crippen molar-refractivity contribution in [2.45, 2.75) is 43.9 Å². The highest BCUT2D eigenvalue weighted by Crippen LogP contribution is 2.43. The van der Waals surface area contributed by atoms with Gasteiger partial charge in [-0.3, -0.25) is 4.90 Å². The molecule has 150 valence electrons. The van der Waals surface area contributed by atoms with Crippen LogP contribution in [0.15, 0.2) is 27.8 Å². The molecule has 0 amide bonds. The summed E-state index contributed by atoms with van der Waals surface area (Å²) in [6, 6.07) is 3.62. The lowest BCUT2D eigenvalue weighted by atomic mass is 9.78. The number of benzene rings is 1. The van der Waals surface area contributed by atoms with Gasteiger partial charge in [-0.1, -0.05) is 27.1 Å². The standard InChI is InChI=1S/C20H28BrNO5/c1-25-19-10-16(21)14(9-18(19)24)8-17-15-4-6-20(26-2,27-3)11-13(15)5-7-22(17)12-23/h9-10,17,23-24H,4-8,11-12H2,1-3H3. The van der Waals surface area contributed by atoms with E-state index in [0.29, 0.717) is 12.2 Å². The van der Waals surface area contributed by atoms with Crippen LogP contribution >= 0.6 is 15.9 Å². The van der Waals surface area contributed by atoms with Gasteiger partial charge in [0.05, 0.1) is 13.8 Å². The van der Waals surface area contributed by atoms with Crippen molar-refractivity contribution in [1.82, 2.24) is 4.90 Å². The molecule has 7 heteroatoms. The molecule has 2 N–H and O–H groups in total. The maximum Gasteiger partial charge on any atom is 0.171 e. The molecule has 1 unspecified atom stereocenters. The summed E-state index contributed by atoms with van der Waals surface area (Å²) in [6.07, 6.45) is 4.04. The third kappa shape index (κ3) is 4.03. The molecule has 1 atom stereocenters. The van der Waals surface area contributed by atoms with Gasteiger partial charge < -0.3 is 24.4 Å². The molecule has 1 aromatic carbocycles. The van der Waals surface area contributed by atoms with E-state index in [1.54, 1.807) is 26.4 Å². The number of rotatable bonds is 6. The minimum Gasteiger partial charge on any atom is -0.504 e. The Balaban J connectivity index is 1.92. The molecule has 6 nitrogen and oxygen atoms in total. The molecule has 0 aromatic heterocycles. The minimum atomic E-state index is -0.538. The first-order valence-corrected chi connectivity index (χ1v) is 9.97. The topological polar surface area (TPSA) is 71.4 Å². The zero-order valence-corrected chi connectivity index (χ0v) is 17.7. The molecule has 0 spiro atoms. The van der Waals surface area contributed by atoms with Crippen molar-refractivity contribution in [2.24, 2.45) is 0 Å². The maximum atomic E-state index is 10.2. The predicted molar refractivity (Wildman–Crippen MR) is 106 cm³/mol. The third-order valence-corrected chi connectivity index (χ3v) is 6.68. The Morgan fingerprint density at radius 3 is 2.59 bits per heavy atom. The first kappa shape index (κ1) is 20.6. The molecule has 0 saturated heterocycles. The van der Waals surface area contributed by atoms with E-state index in [4.69, 9.17) is 14.2 Å². The van der Waals surface area contributed by atoms with Gasteiger partial charge in [0.25, 0.3) is 0 Å². The fourth-order valence-corrected chi connectivity index (χ4v) is 4.79. The molecule has 0 bridgehead atoms. The van der Waals surface area contributed by atoms with Gasteiger partial charge in [0.1, 0.15) is 0 Å². The van der Waals surface area contributed by atoms with E-state index < -0.39 is 5.79 Å². The molecule has 0 radical (unpaired) electrons. The number of hydrogen-bond acceptors (Lipinski definition) is 6. The monoisotopic (exact) mass is 441 g/mol. The van der Waals surface area contributed by atoms with Gasteiger partial charge in [-0.2, -0.15) is 0 Å². The average molecular weight is 442 g/mol. The summed E-state index contributed by atoms with van der Waals surface area (Å²) in [5.74, 6) is 0.0255. The van der Waals surface area contributed by atoms with Gasteiger partial charge in [-0.25, -0.2) is 0 Å². The lowest BCUT2D eigenvalue weighted by molar-refractivity contribution is -0.213. The summed E-state index contributed by atoms with van der Waals surface area (Å²) in [4.78, 5) is 2.10. The zero-order valence-electron chi connectivity index (χ0n) is 16.1. The predicted octanol–water partition coefficient (Wildman–Crippen LogP) is 3.20. The first-order valence-electron chi connectivity index (χ1n) is 9.18. The highest BCUT2D eigenvalue weighted by Gasteiger charge is 2.40. The van der Waals surface area contributed by atoms with Crippen LogP contribution in [0.5, 0.6) is 11.5 Å². The number of nitrogens with zero attached hydrogens (tertiary/aromatic N) is 1. The number of halogens is 1. The van der Waals surface area contributed by atoms with Crippen LogP contribution in [0.25, 0.3) is 0 Å². The molecule has 2 aliphatic rings. The summed E-state index contributed by atoms with van der Waals surface area (Å²) in [5, 5.41) is 20.1. The number of aliphatic hydroxyl groups is 1. The Hall–Kier alpha value is -1.12. The number of aliphatic hydroxyl groups excluding tert-OH is 1. The second-order valence-electron chi connectivity index (χ2n) is 7.16. The number of phenols is 1. The van der Waals surface area contributed by atoms with E-state index >= 15 is 0 Å². The Bertz CT molecular complexity index is 717. The van der Waals surface area contributed by atoms with Crippen LogP contribution in [-0.2, 0) is 15.9 Å². The normalized spacial score (nSPS) is 22.6. The van der Waals surface area contributed by atoms with Gasteiger partial charge in [0.15, 0.2) is 17.3 Å². The Kier molecular flexibility index (Phi) is 6.48. The van der Waals surface area contributed by atoms with Crippen molar-refractivity contribution in [3.05, 3.63) is 33.3 Å². The summed E-state index contributed by atoms with van der Waals surface area (Å²) in [7, 11) is 4.94. The summed E-state index contributed by atoms with van der Waals surface area (Å²) < 4.78 is 17.4. The van der Waals surface area contributed by atoms with Gasteiger partial charge in [0.2, 0.25) is 0 Å². The molecule has 1 aliphatic heterocycles. The van der Waals surface area contributed by atoms with Crippen LogP contribution in [-0.4, -0.2) is 61.5 Å². The Morgan fingerprint density at radius 1 is 1.22 bits per heavy atom. The second-order valence-corrected chi connectivity index (χ2v) is 8.02. The fourth-order valence-electron chi connectivity index (χ4n) is 4.30. The van der Waals surface area contributed by atoms with Gasteiger partial charge in [-0.15, -0.1) is 0 Å². The molecular formula is C20H28BrNO5. The lowest BCUT2D eigenvalue weighted by Gasteiger charge is -2.44. The van der Waals surface area contributed by atoms with E-state index in [2.05, 4.69) is 20.8 Å². The van der Waals surface area contributed by atoms with E-state index in [1.807, 2.05) is 0 Å². The smallest absolute Gasteiger partial charge is 0.171 e. The number of methoxy groups -OCH3 is 3. The van der Waals surface area contributed by atoms with Gasteiger partial charge >= 0.3 is 0 Å². The van der Waals surface area contributed by atoms with Gasteiger partial charge in [0, 0.05) is 44.1 Å². The van der Waals surface area contributed by atoms with Crippen molar-refractivity contribution in [2.75, 3.05) is 34.6 Å². The Morgan fingerprint density at radius 2 is 1.96 bits per heavy atom. The second kappa shape index (κ2) is 8.49. The van der Waals surface area contributed by atoms with Crippen LogP contribution in [0, 0.1) is 0 Å². The largest absolute Gasteiger partial charge is 0.504 e. The van der Waals surface area contributed by atoms with E-state index in [0.717, 1.165) is 42.3 Å². The van der Waals surface area contributed by atoms with Crippen molar-refractivity contribution >= 4 is 15.9 Å². The Labute approximate surface area is 168 Å². The van der Waals surface area contributed by atoms with Crippen LogP contribution in [0.1, 0.15) is 31.2 Å². The molecule has 1 aliphatic carbocycles. The molecule has 1 heterocycles. The van der Waals surface area contributed by atoms with E-state index in [-0.39, 0.29) is 18.5 Å². The van der Waals surface area contributed by atoms with E-state index in [1.165, 1.54) is 18.3 Å². The summed E-state index contributed by atoms with van der Waals surface area (Å²) in [5.41, 5.74) is 3.72. The first-order chi connectivity index (χ1) is 13.0. The summed E-state index contributed by atoms with van der Waals surface area (Å²) in [6.45, 7) is 0.810. The molecule has 27 heavy (non-hydrogen) atoms. The van der Waals surface area contributed by atoms with Crippen LogP contribution in [0.3, 0.4) is 0 Å². The minimum absolute atomic E-state index is 0.0148. The molecule has 1 aromatic rings. The zero-order chi connectivity index (χ0) is 19.6. The highest BCUT2D eigenvalue weighted by molar-refractivity contribution is 9.10. The quantitative estimate of drug-likeness (QED) is 0.521. The fraction of sp³-hybridized carbons (Fsp3) is 0.600.